The third-order valence-electron chi connectivity index (χ3n) is 5.17. The number of nitrogens with zero attached hydrogens (tertiary/aromatic N) is 4. The van der Waals surface area contributed by atoms with E-state index in [-0.39, 0.29) is 18.4 Å². The van der Waals surface area contributed by atoms with Crippen molar-refractivity contribution in [2.45, 2.75) is 25.8 Å². The molecule has 1 amide bonds. The quantitative estimate of drug-likeness (QED) is 0.596. The van der Waals surface area contributed by atoms with E-state index in [9.17, 15) is 4.79 Å². The second-order valence-electron chi connectivity index (χ2n) is 6.98. The molecule has 140 valence electrons. The van der Waals surface area contributed by atoms with Crippen LogP contribution in [0.15, 0.2) is 53.5 Å². The van der Waals surface area contributed by atoms with Gasteiger partial charge in [0.2, 0.25) is 5.91 Å². The maximum atomic E-state index is 13.1. The van der Waals surface area contributed by atoms with E-state index in [0.717, 1.165) is 34.3 Å². The van der Waals surface area contributed by atoms with Gasteiger partial charge in [-0.2, -0.15) is 0 Å². The number of fused-ring (bicyclic) bond motifs is 2. The molecular weight excluding hydrogens is 354 g/mol. The van der Waals surface area contributed by atoms with Crippen LogP contribution >= 0.6 is 0 Å². The lowest BCUT2D eigenvalue weighted by atomic mass is 9.97. The molecule has 0 unspecified atom stereocenters. The molecule has 1 aliphatic rings. The zero-order valence-corrected chi connectivity index (χ0v) is 15.4. The molecule has 0 saturated heterocycles. The van der Waals surface area contributed by atoms with Gasteiger partial charge in [-0.1, -0.05) is 24.3 Å². The molecule has 7 nitrogen and oxygen atoms in total. The molecular formula is C21H19N5O2. The number of carbonyl (C=O) groups excluding carboxylic acids is 1. The number of benzene rings is 1. The summed E-state index contributed by atoms with van der Waals surface area (Å²) in [7, 11) is 0. The summed E-state index contributed by atoms with van der Waals surface area (Å²) in [4.78, 5) is 31.4. The number of H-pyrrole nitrogens is 1. The lowest BCUT2D eigenvalue weighted by Crippen LogP contribution is -2.41. The number of aromatic nitrogens is 4. The Labute approximate surface area is 161 Å². The first-order valence-electron chi connectivity index (χ1n) is 9.26. The zero-order valence-electron chi connectivity index (χ0n) is 15.4. The first-order chi connectivity index (χ1) is 13.7. The van der Waals surface area contributed by atoms with Crippen LogP contribution in [0.3, 0.4) is 0 Å². The van der Waals surface area contributed by atoms with Crippen molar-refractivity contribution < 1.29 is 9.21 Å². The molecule has 0 bridgehead atoms. The Morgan fingerprint density at radius 3 is 2.89 bits per heavy atom. The molecule has 1 atom stereocenters. The number of hydrogen-bond donors (Lipinski definition) is 1. The fourth-order valence-corrected chi connectivity index (χ4v) is 3.83. The Morgan fingerprint density at radius 2 is 2.07 bits per heavy atom. The van der Waals surface area contributed by atoms with Crippen molar-refractivity contribution in [3.05, 3.63) is 77.8 Å². The molecule has 0 saturated carbocycles. The number of aromatic amines is 1. The Balaban J connectivity index is 1.55. The van der Waals surface area contributed by atoms with Gasteiger partial charge in [0.25, 0.3) is 0 Å². The molecule has 0 fully saturated rings. The Kier molecular flexibility index (Phi) is 3.93. The highest BCUT2D eigenvalue weighted by atomic mass is 16.4. The highest BCUT2D eigenvalue weighted by molar-refractivity contribution is 5.83. The Morgan fingerprint density at radius 1 is 1.21 bits per heavy atom. The highest BCUT2D eigenvalue weighted by Gasteiger charge is 2.35. The SMILES string of the molecule is Cc1ncc(CC(=O)N2CCc3[nH]cnc3[C@H]2c2cc3ccccc3cn2)o1. The second-order valence-corrected chi connectivity index (χ2v) is 6.98. The number of carbonyl (C=O) groups is 1. The summed E-state index contributed by atoms with van der Waals surface area (Å²) in [6, 6.07) is 9.80. The van der Waals surface area contributed by atoms with Crippen molar-refractivity contribution in [1.29, 1.82) is 0 Å². The first kappa shape index (κ1) is 16.7. The van der Waals surface area contributed by atoms with Gasteiger partial charge >= 0.3 is 0 Å². The van der Waals surface area contributed by atoms with Gasteiger partial charge in [0.15, 0.2) is 5.89 Å². The number of rotatable bonds is 3. The number of nitrogens with one attached hydrogen (secondary N) is 1. The Bertz CT molecular complexity index is 1160. The minimum Gasteiger partial charge on any atom is -0.446 e. The van der Waals surface area contributed by atoms with Gasteiger partial charge in [-0.15, -0.1) is 0 Å². The van der Waals surface area contributed by atoms with Crippen molar-refractivity contribution in [2.75, 3.05) is 6.54 Å². The number of imidazole rings is 1. The standard InChI is InChI=1S/C21H19N5O2/c1-13-22-11-16(28-13)9-19(27)26-7-6-17-20(25-12-24-17)21(26)18-8-14-4-2-3-5-15(14)10-23-18/h2-5,8,10-12,21H,6-7,9H2,1H3,(H,24,25)/t21-/m1/s1. The third-order valence-corrected chi connectivity index (χ3v) is 5.17. The summed E-state index contributed by atoms with van der Waals surface area (Å²) in [6.45, 7) is 2.37. The average Bonchev–Trinajstić information content (AvgIpc) is 3.35. The molecule has 0 radical (unpaired) electrons. The van der Waals surface area contributed by atoms with E-state index in [1.807, 2.05) is 35.4 Å². The summed E-state index contributed by atoms with van der Waals surface area (Å²) in [5.74, 6) is 1.11. The number of oxazole rings is 1. The minimum atomic E-state index is -0.323. The van der Waals surface area contributed by atoms with Gasteiger partial charge in [0.05, 0.1) is 30.3 Å². The molecule has 28 heavy (non-hydrogen) atoms. The number of aryl methyl sites for hydroxylation is 1. The Hall–Kier alpha value is -3.48. The van der Waals surface area contributed by atoms with E-state index in [1.165, 1.54) is 0 Å². The second kappa shape index (κ2) is 6.60. The zero-order chi connectivity index (χ0) is 19.1. The van der Waals surface area contributed by atoms with Crippen LogP contribution in [0.4, 0.5) is 0 Å². The van der Waals surface area contributed by atoms with Crippen molar-refractivity contribution in [2.24, 2.45) is 0 Å². The van der Waals surface area contributed by atoms with Crippen LogP contribution in [-0.2, 0) is 17.6 Å². The summed E-state index contributed by atoms with van der Waals surface area (Å²) < 4.78 is 5.50. The fourth-order valence-electron chi connectivity index (χ4n) is 3.83. The molecule has 4 aromatic rings. The molecule has 5 rings (SSSR count). The van der Waals surface area contributed by atoms with Gasteiger partial charge in [-0.05, 0) is 11.5 Å². The van der Waals surface area contributed by atoms with Crippen molar-refractivity contribution >= 4 is 16.7 Å². The van der Waals surface area contributed by atoms with E-state index in [0.29, 0.717) is 18.2 Å². The van der Waals surface area contributed by atoms with Crippen molar-refractivity contribution in [3.63, 3.8) is 0 Å². The van der Waals surface area contributed by atoms with E-state index in [1.54, 1.807) is 19.4 Å². The highest BCUT2D eigenvalue weighted by Crippen LogP contribution is 2.34. The topological polar surface area (TPSA) is 87.9 Å². The lowest BCUT2D eigenvalue weighted by Gasteiger charge is -2.34. The van der Waals surface area contributed by atoms with E-state index in [4.69, 9.17) is 4.42 Å². The molecule has 4 heterocycles. The molecule has 0 spiro atoms. The molecule has 3 aromatic heterocycles. The van der Waals surface area contributed by atoms with Crippen LogP contribution in [0.5, 0.6) is 0 Å². The predicted molar refractivity (Wildman–Crippen MR) is 103 cm³/mol. The van der Waals surface area contributed by atoms with Crippen molar-refractivity contribution in [3.8, 4) is 0 Å². The largest absolute Gasteiger partial charge is 0.446 e. The number of hydrogen-bond acceptors (Lipinski definition) is 5. The van der Waals surface area contributed by atoms with Crippen LogP contribution in [0, 0.1) is 6.92 Å². The first-order valence-corrected chi connectivity index (χ1v) is 9.26. The summed E-state index contributed by atoms with van der Waals surface area (Å²) in [5.41, 5.74) is 2.73. The third kappa shape index (κ3) is 2.85. The molecule has 1 aliphatic heterocycles. The molecule has 7 heteroatoms. The van der Waals surface area contributed by atoms with Crippen molar-refractivity contribution in [1.82, 2.24) is 24.8 Å². The summed E-state index contributed by atoms with van der Waals surface area (Å²) >= 11 is 0. The number of pyridine rings is 1. The summed E-state index contributed by atoms with van der Waals surface area (Å²) in [5, 5.41) is 2.16. The van der Waals surface area contributed by atoms with Gasteiger partial charge in [-0.25, -0.2) is 9.97 Å². The molecule has 1 aromatic carbocycles. The van der Waals surface area contributed by atoms with Crippen LogP contribution in [0.1, 0.15) is 34.8 Å². The van der Waals surface area contributed by atoms with E-state index >= 15 is 0 Å². The maximum absolute atomic E-state index is 13.1. The van der Waals surface area contributed by atoms with E-state index in [2.05, 4.69) is 26.0 Å². The van der Waals surface area contributed by atoms with Gasteiger partial charge in [-0.3, -0.25) is 9.78 Å². The maximum Gasteiger partial charge on any atom is 0.231 e. The normalized spacial score (nSPS) is 16.3. The van der Waals surface area contributed by atoms with Gasteiger partial charge < -0.3 is 14.3 Å². The van der Waals surface area contributed by atoms with Crippen LogP contribution in [0.25, 0.3) is 10.8 Å². The van der Waals surface area contributed by atoms with E-state index < -0.39 is 0 Å². The monoisotopic (exact) mass is 373 g/mol. The minimum absolute atomic E-state index is 0.0234. The van der Waals surface area contributed by atoms with Crippen LogP contribution in [0.2, 0.25) is 0 Å². The predicted octanol–water partition coefficient (Wildman–Crippen LogP) is 2.97. The average molecular weight is 373 g/mol. The molecule has 0 aliphatic carbocycles. The lowest BCUT2D eigenvalue weighted by molar-refractivity contribution is -0.133. The summed E-state index contributed by atoms with van der Waals surface area (Å²) in [6.07, 6.45) is 6.06. The number of amides is 1. The van der Waals surface area contributed by atoms with Crippen LogP contribution in [-0.4, -0.2) is 37.3 Å². The van der Waals surface area contributed by atoms with Gasteiger partial charge in [0.1, 0.15) is 11.8 Å². The molecule has 1 N–H and O–H groups in total. The van der Waals surface area contributed by atoms with Crippen LogP contribution < -0.4 is 0 Å². The van der Waals surface area contributed by atoms with Gasteiger partial charge in [0, 0.05) is 37.2 Å². The smallest absolute Gasteiger partial charge is 0.231 e. The fraction of sp³-hybridized carbons (Fsp3) is 0.238.